The van der Waals surface area contributed by atoms with Crippen molar-refractivity contribution in [3.63, 3.8) is 0 Å². The van der Waals surface area contributed by atoms with Gasteiger partial charge >= 0.3 is 12.0 Å². The molecule has 3 N–H and O–H groups in total. The minimum Gasteiger partial charge on any atom is -0.481 e. The number of aromatic nitrogens is 3. The number of carbonyl (C=O) groups is 2. The van der Waals surface area contributed by atoms with Gasteiger partial charge in [0.25, 0.3) is 0 Å². The third-order valence-electron chi connectivity index (χ3n) is 2.70. The Morgan fingerprint density at radius 1 is 1.65 bits per heavy atom. The SMILES string of the molecule is O=C(O)C1CCN(C(=O)NCc2ncn[nH]2)C1. The van der Waals surface area contributed by atoms with Crippen LogP contribution in [0.4, 0.5) is 4.79 Å². The number of H-pyrrole nitrogens is 1. The van der Waals surface area contributed by atoms with Crippen molar-refractivity contribution in [1.82, 2.24) is 25.4 Å². The molecule has 1 unspecified atom stereocenters. The Labute approximate surface area is 97.0 Å². The summed E-state index contributed by atoms with van der Waals surface area (Å²) in [5, 5.41) is 17.7. The van der Waals surface area contributed by atoms with E-state index in [-0.39, 0.29) is 19.1 Å². The lowest BCUT2D eigenvalue weighted by molar-refractivity contribution is -0.141. The zero-order chi connectivity index (χ0) is 12.3. The average Bonchev–Trinajstić information content (AvgIpc) is 2.96. The zero-order valence-electron chi connectivity index (χ0n) is 9.09. The Morgan fingerprint density at radius 2 is 2.47 bits per heavy atom. The number of hydrogen-bond donors (Lipinski definition) is 3. The van der Waals surface area contributed by atoms with Gasteiger partial charge in [0.15, 0.2) is 0 Å². The molecule has 0 bridgehead atoms. The standard InChI is InChI=1S/C9H13N5O3/c15-8(16)6-1-2-14(4-6)9(17)10-3-7-11-5-12-13-7/h5-6H,1-4H2,(H,10,17)(H,15,16)(H,11,12,13). The van der Waals surface area contributed by atoms with E-state index in [9.17, 15) is 9.59 Å². The summed E-state index contributed by atoms with van der Waals surface area (Å²) >= 11 is 0. The number of likely N-dealkylation sites (tertiary alicyclic amines) is 1. The van der Waals surface area contributed by atoms with Crippen molar-refractivity contribution in [2.45, 2.75) is 13.0 Å². The fraction of sp³-hybridized carbons (Fsp3) is 0.556. The molecule has 1 fully saturated rings. The molecule has 1 aromatic heterocycles. The fourth-order valence-electron chi connectivity index (χ4n) is 1.73. The molecule has 1 aromatic rings. The lowest BCUT2D eigenvalue weighted by Crippen LogP contribution is -2.38. The number of hydrogen-bond acceptors (Lipinski definition) is 4. The van der Waals surface area contributed by atoms with E-state index < -0.39 is 11.9 Å². The summed E-state index contributed by atoms with van der Waals surface area (Å²) in [5.41, 5.74) is 0. The number of carboxylic acid groups (broad SMARTS) is 1. The quantitative estimate of drug-likeness (QED) is 0.653. The van der Waals surface area contributed by atoms with E-state index in [2.05, 4.69) is 20.5 Å². The maximum Gasteiger partial charge on any atom is 0.317 e. The molecule has 2 amide bonds. The lowest BCUT2D eigenvalue weighted by atomic mass is 10.1. The number of aromatic amines is 1. The second-order valence-electron chi connectivity index (χ2n) is 3.86. The maximum absolute atomic E-state index is 11.7. The van der Waals surface area contributed by atoms with Gasteiger partial charge in [-0.05, 0) is 6.42 Å². The van der Waals surface area contributed by atoms with Crippen molar-refractivity contribution in [2.75, 3.05) is 13.1 Å². The van der Waals surface area contributed by atoms with Crippen molar-refractivity contribution in [1.29, 1.82) is 0 Å². The van der Waals surface area contributed by atoms with Crippen LogP contribution in [-0.2, 0) is 11.3 Å². The van der Waals surface area contributed by atoms with Crippen LogP contribution in [0, 0.1) is 5.92 Å². The van der Waals surface area contributed by atoms with Crippen LogP contribution in [0.2, 0.25) is 0 Å². The summed E-state index contributed by atoms with van der Waals surface area (Å²) in [6.45, 7) is 0.990. The minimum atomic E-state index is -0.851. The van der Waals surface area contributed by atoms with Crippen molar-refractivity contribution in [3.05, 3.63) is 12.2 Å². The fourth-order valence-corrected chi connectivity index (χ4v) is 1.73. The van der Waals surface area contributed by atoms with Gasteiger partial charge in [-0.2, -0.15) is 5.10 Å². The van der Waals surface area contributed by atoms with Crippen molar-refractivity contribution in [3.8, 4) is 0 Å². The molecule has 0 radical (unpaired) electrons. The van der Waals surface area contributed by atoms with E-state index in [1.807, 2.05) is 0 Å². The molecular formula is C9H13N5O3. The van der Waals surface area contributed by atoms with Crippen LogP contribution >= 0.6 is 0 Å². The largest absolute Gasteiger partial charge is 0.481 e. The van der Waals surface area contributed by atoms with Crippen LogP contribution in [0.15, 0.2) is 6.33 Å². The lowest BCUT2D eigenvalue weighted by Gasteiger charge is -2.15. The maximum atomic E-state index is 11.7. The molecule has 8 heteroatoms. The Bertz CT molecular complexity index is 405. The van der Waals surface area contributed by atoms with Crippen molar-refractivity contribution >= 4 is 12.0 Å². The Kier molecular flexibility index (Phi) is 3.22. The number of urea groups is 1. The summed E-state index contributed by atoms with van der Waals surface area (Å²) in [4.78, 5) is 27.8. The number of aliphatic carboxylic acids is 1. The van der Waals surface area contributed by atoms with Gasteiger partial charge in [-0.1, -0.05) is 0 Å². The molecule has 2 heterocycles. The summed E-state index contributed by atoms with van der Waals surface area (Å²) in [5.74, 6) is -0.742. The molecule has 92 valence electrons. The molecular weight excluding hydrogens is 226 g/mol. The first-order valence-corrected chi connectivity index (χ1v) is 5.26. The zero-order valence-corrected chi connectivity index (χ0v) is 9.09. The monoisotopic (exact) mass is 239 g/mol. The smallest absolute Gasteiger partial charge is 0.317 e. The van der Waals surface area contributed by atoms with Crippen LogP contribution < -0.4 is 5.32 Å². The number of carbonyl (C=O) groups excluding carboxylic acids is 1. The van der Waals surface area contributed by atoms with E-state index >= 15 is 0 Å². The molecule has 8 nitrogen and oxygen atoms in total. The highest BCUT2D eigenvalue weighted by Gasteiger charge is 2.30. The Balaban J connectivity index is 1.79. The van der Waals surface area contributed by atoms with Gasteiger partial charge in [-0.3, -0.25) is 9.89 Å². The number of rotatable bonds is 3. The number of nitrogens with one attached hydrogen (secondary N) is 2. The number of amides is 2. The van der Waals surface area contributed by atoms with Crippen molar-refractivity contribution in [2.24, 2.45) is 5.92 Å². The first kappa shape index (κ1) is 11.4. The van der Waals surface area contributed by atoms with Crippen LogP contribution in [-0.4, -0.2) is 50.3 Å². The highest BCUT2D eigenvalue weighted by molar-refractivity contribution is 5.77. The normalized spacial score (nSPS) is 19.3. The average molecular weight is 239 g/mol. The highest BCUT2D eigenvalue weighted by atomic mass is 16.4. The van der Waals surface area contributed by atoms with Crippen LogP contribution in [0.3, 0.4) is 0 Å². The Hall–Kier alpha value is -2.12. The summed E-state index contributed by atoms with van der Waals surface area (Å²) in [6, 6.07) is -0.273. The second-order valence-corrected chi connectivity index (χ2v) is 3.86. The first-order valence-electron chi connectivity index (χ1n) is 5.26. The molecule has 1 aliphatic rings. The van der Waals surface area contributed by atoms with E-state index in [0.717, 1.165) is 0 Å². The molecule has 1 saturated heterocycles. The summed E-state index contributed by atoms with van der Waals surface area (Å²) in [6.07, 6.45) is 1.86. The molecule has 1 aliphatic heterocycles. The van der Waals surface area contributed by atoms with E-state index in [4.69, 9.17) is 5.11 Å². The minimum absolute atomic E-state index is 0.257. The second kappa shape index (κ2) is 4.81. The van der Waals surface area contributed by atoms with Gasteiger partial charge in [0.1, 0.15) is 12.2 Å². The van der Waals surface area contributed by atoms with Gasteiger partial charge in [-0.15, -0.1) is 0 Å². The molecule has 0 aromatic carbocycles. The first-order chi connectivity index (χ1) is 8.16. The predicted octanol–water partition coefficient (Wildman–Crippen LogP) is -0.579. The van der Waals surface area contributed by atoms with Gasteiger partial charge < -0.3 is 15.3 Å². The molecule has 0 aliphatic carbocycles. The number of carboxylic acids is 1. The third-order valence-corrected chi connectivity index (χ3v) is 2.70. The van der Waals surface area contributed by atoms with Gasteiger partial charge in [0, 0.05) is 13.1 Å². The summed E-state index contributed by atoms with van der Waals surface area (Å²) in [7, 11) is 0. The van der Waals surface area contributed by atoms with Gasteiger partial charge in [0.2, 0.25) is 0 Å². The van der Waals surface area contributed by atoms with E-state index in [1.165, 1.54) is 11.2 Å². The Morgan fingerprint density at radius 3 is 3.06 bits per heavy atom. The van der Waals surface area contributed by atoms with Crippen LogP contribution in [0.1, 0.15) is 12.2 Å². The topological polar surface area (TPSA) is 111 Å². The van der Waals surface area contributed by atoms with Gasteiger partial charge in [-0.25, -0.2) is 9.78 Å². The van der Waals surface area contributed by atoms with Gasteiger partial charge in [0.05, 0.1) is 12.5 Å². The molecule has 17 heavy (non-hydrogen) atoms. The molecule has 0 saturated carbocycles. The predicted molar refractivity (Wildman–Crippen MR) is 55.9 cm³/mol. The molecule has 2 rings (SSSR count). The third kappa shape index (κ3) is 2.71. The number of nitrogens with zero attached hydrogens (tertiary/aromatic N) is 3. The molecule has 0 spiro atoms. The van der Waals surface area contributed by atoms with Crippen LogP contribution in [0.5, 0.6) is 0 Å². The molecule has 1 atom stereocenters. The van der Waals surface area contributed by atoms with E-state index in [1.54, 1.807) is 0 Å². The van der Waals surface area contributed by atoms with E-state index in [0.29, 0.717) is 18.8 Å². The van der Waals surface area contributed by atoms with Crippen molar-refractivity contribution < 1.29 is 14.7 Å². The highest BCUT2D eigenvalue weighted by Crippen LogP contribution is 2.16. The summed E-state index contributed by atoms with van der Waals surface area (Å²) < 4.78 is 0. The van der Waals surface area contributed by atoms with Crippen LogP contribution in [0.25, 0.3) is 0 Å².